The van der Waals surface area contributed by atoms with Crippen molar-refractivity contribution in [2.75, 3.05) is 6.61 Å². The van der Waals surface area contributed by atoms with Crippen molar-refractivity contribution in [3.63, 3.8) is 0 Å². The van der Waals surface area contributed by atoms with E-state index in [0.717, 1.165) is 0 Å². The summed E-state index contributed by atoms with van der Waals surface area (Å²) in [5.41, 5.74) is -2.82. The molecule has 1 saturated heterocycles. The van der Waals surface area contributed by atoms with E-state index in [9.17, 15) is 19.5 Å². The van der Waals surface area contributed by atoms with Crippen LogP contribution in [0.15, 0.2) is 23.8 Å². The number of halogens is 1. The van der Waals surface area contributed by atoms with Gasteiger partial charge in [-0.25, -0.2) is 4.39 Å². The number of hydrogen-bond acceptors (Lipinski definition) is 6. The number of Topliss-reactive ketones (excluding diaryl/α,β-unsaturated/α-hetero) is 2. The van der Waals surface area contributed by atoms with Crippen LogP contribution in [0, 0.1) is 28.6 Å². The van der Waals surface area contributed by atoms with Gasteiger partial charge in [-0.1, -0.05) is 19.9 Å². The number of ketones is 3. The zero-order valence-electron chi connectivity index (χ0n) is 18.3. The van der Waals surface area contributed by atoms with Crippen LogP contribution in [-0.4, -0.2) is 52.7 Å². The maximum atomic E-state index is 15.4. The van der Waals surface area contributed by atoms with Crippen LogP contribution in [-0.2, 0) is 23.9 Å². The lowest BCUT2D eigenvalue weighted by Gasteiger charge is -2.57. The van der Waals surface area contributed by atoms with E-state index in [1.54, 1.807) is 19.9 Å². The lowest BCUT2D eigenvalue weighted by atomic mass is 9.46. The molecule has 8 atom stereocenters. The van der Waals surface area contributed by atoms with E-state index in [2.05, 4.69) is 0 Å². The molecule has 0 radical (unpaired) electrons. The minimum absolute atomic E-state index is 0.0536. The molecule has 1 N–H and O–H groups in total. The van der Waals surface area contributed by atoms with Gasteiger partial charge in [0.15, 0.2) is 23.0 Å². The summed E-state index contributed by atoms with van der Waals surface area (Å²) in [7, 11) is 0. The molecule has 3 saturated carbocycles. The Hall–Kier alpha value is -1.70. The zero-order valence-corrected chi connectivity index (χ0v) is 18.3. The number of rotatable bonds is 2. The van der Waals surface area contributed by atoms with Crippen molar-refractivity contribution in [2.24, 2.45) is 28.6 Å². The molecular weight excluding hydrogens is 403 g/mol. The Labute approximate surface area is 180 Å². The Bertz CT molecular complexity index is 952. The maximum absolute atomic E-state index is 15.4. The fraction of sp³-hybridized carbons (Fsp3) is 0.708. The molecule has 0 spiro atoms. The van der Waals surface area contributed by atoms with E-state index in [1.807, 2.05) is 13.8 Å². The lowest BCUT2D eigenvalue weighted by molar-refractivity contribution is -0.214. The maximum Gasteiger partial charge on any atom is 0.193 e. The molecule has 31 heavy (non-hydrogen) atoms. The summed E-state index contributed by atoms with van der Waals surface area (Å²) in [5.74, 6) is -2.79. The number of ether oxygens (including phenoxy) is 2. The van der Waals surface area contributed by atoms with Gasteiger partial charge in [0, 0.05) is 23.2 Å². The largest absolute Gasteiger partial charge is 0.388 e. The lowest BCUT2D eigenvalue weighted by Crippen LogP contribution is -2.63. The Balaban J connectivity index is 1.63. The van der Waals surface area contributed by atoms with Gasteiger partial charge in [0.05, 0.1) is 6.10 Å². The number of hydrogen-bond donors (Lipinski definition) is 1. The predicted molar refractivity (Wildman–Crippen MR) is 108 cm³/mol. The van der Waals surface area contributed by atoms with Gasteiger partial charge in [0.2, 0.25) is 0 Å². The second-order valence-electron chi connectivity index (χ2n) is 10.8. The Morgan fingerprint density at radius 3 is 2.61 bits per heavy atom. The van der Waals surface area contributed by atoms with Crippen LogP contribution in [0.5, 0.6) is 0 Å². The molecule has 0 amide bonds. The fourth-order valence-electron chi connectivity index (χ4n) is 7.76. The number of carbonyl (C=O) groups excluding carboxylic acids is 3. The van der Waals surface area contributed by atoms with Crippen LogP contribution in [0.3, 0.4) is 0 Å². The van der Waals surface area contributed by atoms with E-state index >= 15 is 4.39 Å². The van der Waals surface area contributed by atoms with Gasteiger partial charge in [-0.3, -0.25) is 14.4 Å². The van der Waals surface area contributed by atoms with E-state index in [1.165, 1.54) is 12.2 Å². The van der Waals surface area contributed by atoms with Crippen molar-refractivity contribution in [1.82, 2.24) is 0 Å². The quantitative estimate of drug-likeness (QED) is 0.721. The third-order valence-corrected chi connectivity index (χ3v) is 8.79. The van der Waals surface area contributed by atoms with Crippen molar-refractivity contribution in [3.8, 4) is 0 Å². The van der Waals surface area contributed by atoms with Crippen LogP contribution in [0.25, 0.3) is 0 Å². The number of aliphatic hydroxyl groups is 1. The average molecular weight is 432 g/mol. The summed E-state index contributed by atoms with van der Waals surface area (Å²) in [6.07, 6.45) is 3.19. The van der Waals surface area contributed by atoms with Gasteiger partial charge in [0.1, 0.15) is 18.6 Å². The molecule has 0 unspecified atom stereocenters. The summed E-state index contributed by atoms with van der Waals surface area (Å²) in [6, 6.07) is 0. The molecule has 0 aromatic rings. The number of aliphatic hydroxyl groups excluding tert-OH is 1. The highest BCUT2D eigenvalue weighted by molar-refractivity contribution is 6.02. The molecule has 0 bridgehead atoms. The first-order chi connectivity index (χ1) is 14.4. The van der Waals surface area contributed by atoms with Crippen LogP contribution in [0.1, 0.15) is 47.0 Å². The second-order valence-corrected chi connectivity index (χ2v) is 10.8. The summed E-state index contributed by atoms with van der Waals surface area (Å²) < 4.78 is 27.8. The Kier molecular flexibility index (Phi) is 4.24. The summed E-state index contributed by atoms with van der Waals surface area (Å²) in [5, 5.41) is 9.79. The van der Waals surface area contributed by atoms with Crippen molar-refractivity contribution < 1.29 is 33.4 Å². The molecule has 0 aromatic heterocycles. The summed E-state index contributed by atoms with van der Waals surface area (Å²) in [4.78, 5) is 38.7. The monoisotopic (exact) mass is 432 g/mol. The SMILES string of the molecule is CC1(C)O[C@@H]2C[C@H]3[C@@H]4C[C@H](F)C5=CC(=O)C=C[C@]5(C)[C@H]4C(=O)C[C@]3(C)[C@]2(C(=O)CO)O1. The van der Waals surface area contributed by atoms with Crippen LogP contribution >= 0.6 is 0 Å². The van der Waals surface area contributed by atoms with Crippen molar-refractivity contribution >= 4 is 17.3 Å². The van der Waals surface area contributed by atoms with E-state index in [0.29, 0.717) is 12.0 Å². The van der Waals surface area contributed by atoms with Crippen LogP contribution in [0.2, 0.25) is 0 Å². The van der Waals surface area contributed by atoms with Gasteiger partial charge in [-0.2, -0.15) is 0 Å². The highest BCUT2D eigenvalue weighted by atomic mass is 19.1. The molecule has 5 aliphatic rings. The number of allylic oxidation sites excluding steroid dienone is 4. The first kappa shape index (κ1) is 21.2. The van der Waals surface area contributed by atoms with Crippen molar-refractivity contribution in [2.45, 2.75) is 70.6 Å². The number of alkyl halides is 1. The van der Waals surface area contributed by atoms with Gasteiger partial charge >= 0.3 is 0 Å². The molecule has 6 nitrogen and oxygen atoms in total. The van der Waals surface area contributed by atoms with Gasteiger partial charge in [-0.05, 0) is 56.3 Å². The smallest absolute Gasteiger partial charge is 0.193 e. The minimum Gasteiger partial charge on any atom is -0.388 e. The van der Waals surface area contributed by atoms with Gasteiger partial charge in [-0.15, -0.1) is 0 Å². The minimum atomic E-state index is -1.43. The highest BCUT2D eigenvalue weighted by Crippen LogP contribution is 2.69. The fourth-order valence-corrected chi connectivity index (χ4v) is 7.76. The topological polar surface area (TPSA) is 89.9 Å². The van der Waals surface area contributed by atoms with Gasteiger partial charge < -0.3 is 14.6 Å². The first-order valence-corrected chi connectivity index (χ1v) is 11.0. The molecule has 1 aliphatic heterocycles. The molecule has 4 aliphatic carbocycles. The molecule has 4 fully saturated rings. The van der Waals surface area contributed by atoms with E-state index < -0.39 is 52.8 Å². The molecule has 5 rings (SSSR count). The van der Waals surface area contributed by atoms with Crippen molar-refractivity contribution in [3.05, 3.63) is 23.8 Å². The first-order valence-electron chi connectivity index (χ1n) is 11.0. The third kappa shape index (κ3) is 2.45. The summed E-state index contributed by atoms with van der Waals surface area (Å²) in [6.45, 7) is 6.45. The molecular formula is C24H29FO6. The molecule has 168 valence electrons. The molecule has 1 heterocycles. The Morgan fingerprint density at radius 2 is 1.94 bits per heavy atom. The van der Waals surface area contributed by atoms with Crippen LogP contribution in [0.4, 0.5) is 4.39 Å². The number of carbonyl (C=O) groups is 3. The predicted octanol–water partition coefficient (Wildman–Crippen LogP) is 2.48. The Morgan fingerprint density at radius 1 is 1.23 bits per heavy atom. The molecule has 7 heteroatoms. The van der Waals surface area contributed by atoms with Crippen LogP contribution < -0.4 is 0 Å². The number of fused-ring (bicyclic) bond motifs is 7. The standard InChI is InChI=1S/C24H29FO6/c1-21(2)30-19-9-14-13-8-16(25)15-7-12(27)5-6-22(15,3)20(13)17(28)10-23(14,4)24(19,31-21)18(29)11-26/h5-7,13-14,16,19-20,26H,8-11H2,1-4H3/t13-,14-,16-,19+,20+,22-,23-,24+/m0/s1. The van der Waals surface area contributed by atoms with Gasteiger partial charge in [0.25, 0.3) is 0 Å². The van der Waals surface area contributed by atoms with E-state index in [-0.39, 0.29) is 36.2 Å². The average Bonchev–Trinajstić information content (AvgIpc) is 3.08. The normalized spacial score (nSPS) is 49.7. The summed E-state index contributed by atoms with van der Waals surface area (Å²) >= 11 is 0. The van der Waals surface area contributed by atoms with Crippen molar-refractivity contribution in [1.29, 1.82) is 0 Å². The van der Waals surface area contributed by atoms with E-state index in [4.69, 9.17) is 9.47 Å². The molecule has 0 aromatic carbocycles. The second kappa shape index (κ2) is 6.21. The highest BCUT2D eigenvalue weighted by Gasteiger charge is 2.77. The third-order valence-electron chi connectivity index (χ3n) is 8.79. The zero-order chi connectivity index (χ0) is 22.6.